The maximum absolute atomic E-state index is 9.77. The Morgan fingerprint density at radius 3 is 2.24 bits per heavy atom. The van der Waals surface area contributed by atoms with Gasteiger partial charge in [-0.2, -0.15) is 10.5 Å². The van der Waals surface area contributed by atoms with E-state index in [2.05, 4.69) is 6.07 Å². The number of nitrogens with two attached hydrogens (primary N) is 1. The third-order valence-corrected chi connectivity index (χ3v) is 4.41. The third kappa shape index (κ3) is 3.06. The second kappa shape index (κ2) is 6.91. The van der Waals surface area contributed by atoms with Crippen molar-refractivity contribution in [2.75, 3.05) is 0 Å². The number of nitriles is 2. The number of halogens is 2. The van der Waals surface area contributed by atoms with Crippen LogP contribution in [-0.4, -0.2) is 0 Å². The minimum absolute atomic E-state index is 0.0450. The van der Waals surface area contributed by atoms with Crippen molar-refractivity contribution in [3.05, 3.63) is 86.7 Å². The molecule has 4 nitrogen and oxygen atoms in total. The summed E-state index contributed by atoms with van der Waals surface area (Å²) in [7, 11) is 0. The predicted octanol–water partition coefficient (Wildman–Crippen LogP) is 4.74. The van der Waals surface area contributed by atoms with E-state index < -0.39 is 5.92 Å². The summed E-state index contributed by atoms with van der Waals surface area (Å²) in [6.07, 6.45) is 0. The zero-order valence-electron chi connectivity index (χ0n) is 12.8. The highest BCUT2D eigenvalue weighted by Gasteiger charge is 2.34. The fraction of sp³-hybridized carbons (Fsp3) is 0.0526. The van der Waals surface area contributed by atoms with Crippen LogP contribution in [0.25, 0.3) is 5.76 Å². The maximum Gasteiger partial charge on any atom is 0.205 e. The van der Waals surface area contributed by atoms with Crippen LogP contribution in [0.5, 0.6) is 0 Å². The van der Waals surface area contributed by atoms with Gasteiger partial charge < -0.3 is 10.5 Å². The van der Waals surface area contributed by atoms with E-state index in [4.69, 9.17) is 33.7 Å². The lowest BCUT2D eigenvalue weighted by Gasteiger charge is -2.26. The molecule has 122 valence electrons. The summed E-state index contributed by atoms with van der Waals surface area (Å²) in [5.74, 6) is -0.448. The number of ether oxygens (including phenoxy) is 1. The largest absolute Gasteiger partial charge is 0.439 e. The fourth-order valence-electron chi connectivity index (χ4n) is 2.72. The smallest absolute Gasteiger partial charge is 0.205 e. The van der Waals surface area contributed by atoms with Crippen molar-refractivity contribution in [3.63, 3.8) is 0 Å². The molecule has 2 aromatic carbocycles. The van der Waals surface area contributed by atoms with E-state index in [-0.39, 0.29) is 17.0 Å². The van der Waals surface area contributed by atoms with Crippen molar-refractivity contribution < 1.29 is 4.74 Å². The first kappa shape index (κ1) is 16.9. The molecule has 0 aromatic heterocycles. The van der Waals surface area contributed by atoms with Crippen LogP contribution in [0, 0.1) is 22.7 Å². The van der Waals surface area contributed by atoms with Crippen LogP contribution in [0.15, 0.2) is 65.6 Å². The van der Waals surface area contributed by atoms with Crippen molar-refractivity contribution in [2.24, 2.45) is 5.73 Å². The second-order valence-corrected chi connectivity index (χ2v) is 6.15. The van der Waals surface area contributed by atoms with E-state index in [1.807, 2.05) is 24.3 Å². The zero-order valence-corrected chi connectivity index (χ0v) is 14.3. The molecule has 1 aliphatic heterocycles. The van der Waals surface area contributed by atoms with E-state index in [9.17, 15) is 10.5 Å². The van der Waals surface area contributed by atoms with Crippen molar-refractivity contribution >= 4 is 29.0 Å². The molecule has 0 saturated carbocycles. The van der Waals surface area contributed by atoms with Crippen LogP contribution in [0.1, 0.15) is 17.0 Å². The van der Waals surface area contributed by atoms with Crippen molar-refractivity contribution in [1.82, 2.24) is 0 Å². The van der Waals surface area contributed by atoms with E-state index in [0.29, 0.717) is 26.9 Å². The van der Waals surface area contributed by atoms with Gasteiger partial charge in [-0.25, -0.2) is 0 Å². The second-order valence-electron chi connectivity index (χ2n) is 5.31. The highest BCUT2D eigenvalue weighted by Crippen LogP contribution is 2.44. The first-order valence-corrected chi connectivity index (χ1v) is 8.04. The molecular formula is C19H11Cl2N3O. The zero-order chi connectivity index (χ0) is 18.0. The summed E-state index contributed by atoms with van der Waals surface area (Å²) in [6, 6.07) is 18.2. The quantitative estimate of drug-likeness (QED) is 0.830. The summed E-state index contributed by atoms with van der Waals surface area (Å²) >= 11 is 12.3. The average molecular weight is 368 g/mol. The molecule has 6 heteroatoms. The molecular weight excluding hydrogens is 357 g/mol. The number of benzene rings is 2. The van der Waals surface area contributed by atoms with E-state index in [1.165, 1.54) is 0 Å². The van der Waals surface area contributed by atoms with Gasteiger partial charge in [0, 0.05) is 15.6 Å². The van der Waals surface area contributed by atoms with Gasteiger partial charge >= 0.3 is 0 Å². The Bertz CT molecular complexity index is 982. The molecule has 1 aliphatic rings. The van der Waals surface area contributed by atoms with Gasteiger partial charge in [-0.05, 0) is 17.7 Å². The van der Waals surface area contributed by atoms with E-state index >= 15 is 0 Å². The van der Waals surface area contributed by atoms with E-state index in [0.717, 1.165) is 0 Å². The van der Waals surface area contributed by atoms with Gasteiger partial charge in [-0.3, -0.25) is 0 Å². The Kier molecular flexibility index (Phi) is 4.67. The maximum atomic E-state index is 9.77. The first-order valence-electron chi connectivity index (χ1n) is 7.29. The SMILES string of the molecule is N#CC1=C(N)OC(c2ccccc2)=C(C#N)[C@@H]1c1ccc(Cl)cc1Cl. The van der Waals surface area contributed by atoms with Crippen LogP contribution >= 0.6 is 23.2 Å². The molecule has 1 atom stereocenters. The molecule has 0 radical (unpaired) electrons. The highest BCUT2D eigenvalue weighted by molar-refractivity contribution is 6.35. The van der Waals surface area contributed by atoms with Crippen LogP contribution < -0.4 is 5.73 Å². The normalized spacial score (nSPS) is 16.9. The summed E-state index contributed by atoms with van der Waals surface area (Å²) in [4.78, 5) is 0. The summed E-state index contributed by atoms with van der Waals surface area (Å²) in [5.41, 5.74) is 7.63. The highest BCUT2D eigenvalue weighted by atomic mass is 35.5. The molecule has 0 saturated heterocycles. The number of rotatable bonds is 2. The molecule has 0 bridgehead atoms. The van der Waals surface area contributed by atoms with Crippen molar-refractivity contribution in [3.8, 4) is 12.1 Å². The minimum Gasteiger partial charge on any atom is -0.439 e. The molecule has 1 heterocycles. The Morgan fingerprint density at radius 1 is 0.960 bits per heavy atom. The lowest BCUT2D eigenvalue weighted by atomic mass is 9.82. The lowest BCUT2D eigenvalue weighted by molar-refractivity contribution is 0.357. The summed E-state index contributed by atoms with van der Waals surface area (Å²) in [6.45, 7) is 0. The number of hydrogen-bond acceptors (Lipinski definition) is 4. The molecule has 0 unspecified atom stereocenters. The molecule has 0 amide bonds. The van der Waals surface area contributed by atoms with Gasteiger partial charge in [0.05, 0.1) is 17.6 Å². The molecule has 2 N–H and O–H groups in total. The van der Waals surface area contributed by atoms with Crippen LogP contribution in [0.4, 0.5) is 0 Å². The Hall–Kier alpha value is -2.92. The van der Waals surface area contributed by atoms with E-state index in [1.54, 1.807) is 30.3 Å². The topological polar surface area (TPSA) is 82.8 Å². The molecule has 3 rings (SSSR count). The van der Waals surface area contributed by atoms with Gasteiger partial charge in [0.15, 0.2) is 5.76 Å². The molecule has 0 aliphatic carbocycles. The van der Waals surface area contributed by atoms with Crippen molar-refractivity contribution in [2.45, 2.75) is 5.92 Å². The first-order chi connectivity index (χ1) is 12.1. The van der Waals surface area contributed by atoms with Gasteiger partial charge in [-0.1, -0.05) is 59.6 Å². The number of hydrogen-bond donors (Lipinski definition) is 1. The monoisotopic (exact) mass is 367 g/mol. The van der Waals surface area contributed by atoms with Gasteiger partial charge in [0.25, 0.3) is 0 Å². The predicted molar refractivity (Wildman–Crippen MR) is 96.1 cm³/mol. The van der Waals surface area contributed by atoms with Crippen LogP contribution in [-0.2, 0) is 4.74 Å². The number of nitrogens with zero attached hydrogens (tertiary/aromatic N) is 2. The summed E-state index contributed by atoms with van der Waals surface area (Å²) < 4.78 is 5.62. The summed E-state index contributed by atoms with van der Waals surface area (Å²) in [5, 5.41) is 20.1. The van der Waals surface area contributed by atoms with Crippen LogP contribution in [0.3, 0.4) is 0 Å². The Balaban J connectivity index is 2.27. The average Bonchev–Trinajstić information content (AvgIpc) is 2.62. The van der Waals surface area contributed by atoms with Crippen LogP contribution in [0.2, 0.25) is 10.0 Å². The Labute approximate surface area is 155 Å². The molecule has 0 spiro atoms. The standard InChI is InChI=1S/C19H11Cl2N3O/c20-12-6-7-13(16(21)8-12)17-14(9-22)18(11-4-2-1-3-5-11)25-19(24)15(17)10-23/h1-8,17H,24H2/t17-/m0/s1. The fourth-order valence-corrected chi connectivity index (χ4v) is 3.24. The molecule has 0 fully saturated rings. The Morgan fingerprint density at radius 2 is 1.64 bits per heavy atom. The minimum atomic E-state index is -0.719. The lowest BCUT2D eigenvalue weighted by Crippen LogP contribution is -2.20. The third-order valence-electron chi connectivity index (χ3n) is 3.85. The van der Waals surface area contributed by atoms with Gasteiger partial charge in [0.2, 0.25) is 5.88 Å². The number of allylic oxidation sites excluding steroid dienone is 2. The van der Waals surface area contributed by atoms with Gasteiger partial charge in [0.1, 0.15) is 11.6 Å². The molecule has 2 aromatic rings. The molecule has 25 heavy (non-hydrogen) atoms. The van der Waals surface area contributed by atoms with Crippen molar-refractivity contribution in [1.29, 1.82) is 10.5 Å². The van der Waals surface area contributed by atoms with Gasteiger partial charge in [-0.15, -0.1) is 0 Å².